The molecular weight excluding hydrogens is 314 g/mol. The van der Waals surface area contributed by atoms with E-state index in [1.54, 1.807) is 18.3 Å². The van der Waals surface area contributed by atoms with Gasteiger partial charge in [-0.05, 0) is 32.0 Å². The molecule has 0 bridgehead atoms. The third kappa shape index (κ3) is 3.38. The molecule has 3 heterocycles. The molecule has 2 saturated heterocycles. The lowest BCUT2D eigenvalue weighted by Crippen LogP contribution is -2.61. The van der Waals surface area contributed by atoms with E-state index in [0.29, 0.717) is 18.5 Å². The maximum Gasteiger partial charge on any atom is 0.222 e. The van der Waals surface area contributed by atoms with E-state index in [1.807, 2.05) is 11.0 Å². The highest BCUT2D eigenvalue weighted by Crippen LogP contribution is 2.34. The number of aromatic nitrogens is 1. The molecule has 0 unspecified atom stereocenters. The van der Waals surface area contributed by atoms with Crippen molar-refractivity contribution in [1.29, 1.82) is 5.26 Å². The number of carbonyl (C=O) groups excluding carboxylic acids is 1. The number of rotatable bonds is 3. The molecule has 1 atom stereocenters. The van der Waals surface area contributed by atoms with Crippen LogP contribution >= 0.6 is 0 Å². The molecule has 3 rings (SSSR count). The minimum atomic E-state index is -0.0614. The molecule has 0 aromatic carbocycles. The molecule has 1 aromatic rings. The van der Waals surface area contributed by atoms with Crippen LogP contribution in [0.25, 0.3) is 0 Å². The first kappa shape index (κ1) is 17.4. The van der Waals surface area contributed by atoms with Crippen molar-refractivity contribution in [3.05, 3.63) is 36.5 Å². The van der Waals surface area contributed by atoms with Crippen LogP contribution in [0.4, 0.5) is 5.82 Å². The first-order valence-corrected chi connectivity index (χ1v) is 8.79. The maximum atomic E-state index is 12.4. The standard InChI is InChI=1S/C19H25N5O/c1-3-10-23-11-8-19(7-6-17(23)25)15-24(13-12-22(19)2)18-16(14-20)5-4-9-21-18/h3-5,9H,1,6-8,10-13,15H2,2H3/t19-/m1/s1. The van der Waals surface area contributed by atoms with Gasteiger partial charge in [0, 0.05) is 50.9 Å². The van der Waals surface area contributed by atoms with Crippen molar-refractivity contribution in [2.75, 3.05) is 44.7 Å². The molecule has 6 heteroatoms. The number of piperazine rings is 1. The van der Waals surface area contributed by atoms with Gasteiger partial charge >= 0.3 is 0 Å². The Kier molecular flexibility index (Phi) is 5.05. The van der Waals surface area contributed by atoms with Gasteiger partial charge in [-0.2, -0.15) is 5.26 Å². The van der Waals surface area contributed by atoms with Crippen molar-refractivity contribution >= 4 is 11.7 Å². The number of anilines is 1. The Morgan fingerprint density at radius 3 is 3.00 bits per heavy atom. The zero-order valence-corrected chi connectivity index (χ0v) is 14.8. The van der Waals surface area contributed by atoms with Crippen LogP contribution in [0.5, 0.6) is 0 Å². The number of nitrogens with zero attached hydrogens (tertiary/aromatic N) is 5. The second-order valence-corrected chi connectivity index (χ2v) is 6.93. The number of likely N-dealkylation sites (N-methyl/N-ethyl adjacent to an activating group) is 1. The van der Waals surface area contributed by atoms with Crippen LogP contribution in [0.2, 0.25) is 0 Å². The van der Waals surface area contributed by atoms with E-state index in [2.05, 4.69) is 34.5 Å². The van der Waals surface area contributed by atoms with Gasteiger partial charge in [0.25, 0.3) is 0 Å². The van der Waals surface area contributed by atoms with E-state index in [1.165, 1.54) is 0 Å². The first-order valence-electron chi connectivity index (χ1n) is 8.79. The average molecular weight is 339 g/mol. The van der Waals surface area contributed by atoms with Crippen LogP contribution in [0.1, 0.15) is 24.8 Å². The van der Waals surface area contributed by atoms with Gasteiger partial charge in [-0.3, -0.25) is 9.69 Å². The lowest BCUT2D eigenvalue weighted by atomic mass is 9.86. The number of hydrogen-bond donors (Lipinski definition) is 0. The van der Waals surface area contributed by atoms with Crippen LogP contribution in [0.3, 0.4) is 0 Å². The lowest BCUT2D eigenvalue weighted by molar-refractivity contribution is -0.130. The zero-order valence-electron chi connectivity index (χ0n) is 14.8. The summed E-state index contributed by atoms with van der Waals surface area (Å²) in [6.45, 7) is 7.65. The summed E-state index contributed by atoms with van der Waals surface area (Å²) in [5, 5.41) is 9.39. The predicted octanol–water partition coefficient (Wildman–Crippen LogP) is 1.64. The van der Waals surface area contributed by atoms with Crippen molar-refractivity contribution in [3.63, 3.8) is 0 Å². The van der Waals surface area contributed by atoms with E-state index in [0.717, 1.165) is 44.8 Å². The first-order chi connectivity index (χ1) is 12.1. The summed E-state index contributed by atoms with van der Waals surface area (Å²) >= 11 is 0. The summed E-state index contributed by atoms with van der Waals surface area (Å²) in [7, 11) is 2.15. The highest BCUT2D eigenvalue weighted by Gasteiger charge is 2.42. The van der Waals surface area contributed by atoms with Crippen LogP contribution in [0.15, 0.2) is 31.0 Å². The van der Waals surface area contributed by atoms with E-state index < -0.39 is 0 Å². The number of amides is 1. The highest BCUT2D eigenvalue weighted by molar-refractivity contribution is 5.76. The molecule has 1 aromatic heterocycles. The summed E-state index contributed by atoms with van der Waals surface area (Å²) < 4.78 is 0. The van der Waals surface area contributed by atoms with Crippen molar-refractivity contribution in [3.8, 4) is 6.07 Å². The van der Waals surface area contributed by atoms with Gasteiger partial charge in [-0.15, -0.1) is 6.58 Å². The van der Waals surface area contributed by atoms with Crippen LogP contribution in [0, 0.1) is 11.3 Å². The van der Waals surface area contributed by atoms with E-state index in [4.69, 9.17) is 0 Å². The van der Waals surface area contributed by atoms with E-state index >= 15 is 0 Å². The molecule has 1 spiro atoms. The number of pyridine rings is 1. The monoisotopic (exact) mass is 339 g/mol. The Morgan fingerprint density at radius 2 is 2.24 bits per heavy atom. The predicted molar refractivity (Wildman–Crippen MR) is 97.2 cm³/mol. The molecule has 0 radical (unpaired) electrons. The molecule has 0 saturated carbocycles. The van der Waals surface area contributed by atoms with Gasteiger partial charge < -0.3 is 9.80 Å². The fraction of sp³-hybridized carbons (Fsp3) is 0.526. The fourth-order valence-electron chi connectivity index (χ4n) is 3.96. The quantitative estimate of drug-likeness (QED) is 0.784. The zero-order chi connectivity index (χ0) is 17.9. The van der Waals surface area contributed by atoms with Crippen LogP contribution in [-0.4, -0.2) is 66.0 Å². The number of carbonyl (C=O) groups is 1. The minimum absolute atomic E-state index is 0.0614. The van der Waals surface area contributed by atoms with Gasteiger partial charge in [0.05, 0.1) is 5.56 Å². The Labute approximate surface area is 149 Å². The summed E-state index contributed by atoms with van der Waals surface area (Å²) in [6, 6.07) is 5.86. The van der Waals surface area contributed by atoms with Gasteiger partial charge in [0.2, 0.25) is 5.91 Å². The third-order valence-electron chi connectivity index (χ3n) is 5.56. The molecule has 25 heavy (non-hydrogen) atoms. The van der Waals surface area contributed by atoms with Crippen LogP contribution < -0.4 is 4.90 Å². The second kappa shape index (κ2) is 7.24. The molecule has 0 N–H and O–H groups in total. The largest absolute Gasteiger partial charge is 0.352 e. The fourth-order valence-corrected chi connectivity index (χ4v) is 3.96. The molecule has 2 aliphatic heterocycles. The normalized spacial score (nSPS) is 24.9. The van der Waals surface area contributed by atoms with Gasteiger partial charge in [0.15, 0.2) is 0 Å². The molecule has 6 nitrogen and oxygen atoms in total. The Morgan fingerprint density at radius 1 is 1.40 bits per heavy atom. The lowest BCUT2D eigenvalue weighted by Gasteiger charge is -2.49. The smallest absolute Gasteiger partial charge is 0.222 e. The average Bonchev–Trinajstić information content (AvgIpc) is 2.79. The summed E-state index contributed by atoms with van der Waals surface area (Å²) in [5.74, 6) is 0.967. The summed E-state index contributed by atoms with van der Waals surface area (Å²) in [4.78, 5) is 23.3. The van der Waals surface area contributed by atoms with E-state index in [9.17, 15) is 10.1 Å². The molecule has 0 aliphatic carbocycles. The number of hydrogen-bond acceptors (Lipinski definition) is 5. The van der Waals surface area contributed by atoms with Crippen molar-refractivity contribution in [2.24, 2.45) is 0 Å². The van der Waals surface area contributed by atoms with Gasteiger partial charge in [-0.1, -0.05) is 6.08 Å². The van der Waals surface area contributed by atoms with E-state index in [-0.39, 0.29) is 11.4 Å². The van der Waals surface area contributed by atoms with Gasteiger partial charge in [0.1, 0.15) is 11.9 Å². The van der Waals surface area contributed by atoms with Crippen molar-refractivity contribution < 1.29 is 4.79 Å². The Hall–Kier alpha value is -2.39. The Balaban J connectivity index is 1.84. The molecule has 2 aliphatic rings. The Bertz CT molecular complexity index is 697. The minimum Gasteiger partial charge on any atom is -0.352 e. The third-order valence-corrected chi connectivity index (χ3v) is 5.56. The molecule has 2 fully saturated rings. The van der Waals surface area contributed by atoms with Crippen LogP contribution in [-0.2, 0) is 4.79 Å². The molecule has 1 amide bonds. The van der Waals surface area contributed by atoms with Crippen molar-refractivity contribution in [1.82, 2.24) is 14.8 Å². The number of nitriles is 1. The topological polar surface area (TPSA) is 63.5 Å². The second-order valence-electron chi connectivity index (χ2n) is 6.93. The molecular formula is C19H25N5O. The van der Waals surface area contributed by atoms with Gasteiger partial charge in [-0.25, -0.2) is 4.98 Å². The molecule has 132 valence electrons. The maximum absolute atomic E-state index is 12.4. The number of likely N-dealkylation sites (tertiary alicyclic amines) is 1. The summed E-state index contributed by atoms with van der Waals surface area (Å²) in [5.41, 5.74) is 0.550. The SMILES string of the molecule is C=CCN1CC[C@]2(CCC1=O)CN(c1ncccc1C#N)CCN2C. The summed E-state index contributed by atoms with van der Waals surface area (Å²) in [6.07, 6.45) is 5.85. The highest BCUT2D eigenvalue weighted by atomic mass is 16.2. The van der Waals surface area contributed by atoms with Crippen molar-refractivity contribution in [2.45, 2.75) is 24.8 Å².